The molecule has 0 heterocycles. The summed E-state index contributed by atoms with van der Waals surface area (Å²) in [7, 11) is 0. The van der Waals surface area contributed by atoms with Crippen molar-refractivity contribution in [3.8, 4) is 0 Å². The first-order valence-electron chi connectivity index (χ1n) is 5.24. The van der Waals surface area contributed by atoms with Gasteiger partial charge in [0.1, 0.15) is 5.82 Å². The van der Waals surface area contributed by atoms with E-state index in [0.717, 1.165) is 23.5 Å². The smallest absolute Gasteiger partial charge is 0.309 e. The van der Waals surface area contributed by atoms with Crippen molar-refractivity contribution in [2.75, 3.05) is 5.75 Å². The third-order valence-electron chi connectivity index (χ3n) is 2.97. The Morgan fingerprint density at radius 1 is 1.38 bits per heavy atom. The van der Waals surface area contributed by atoms with E-state index in [0.29, 0.717) is 6.42 Å². The molecule has 16 heavy (non-hydrogen) atoms. The average molecular weight is 240 g/mol. The van der Waals surface area contributed by atoms with Crippen LogP contribution < -0.4 is 0 Å². The summed E-state index contributed by atoms with van der Waals surface area (Å²) in [6.45, 7) is 0. The fraction of sp³-hybridized carbons (Fsp3) is 0.417. The Hall–Kier alpha value is -1.03. The van der Waals surface area contributed by atoms with E-state index in [2.05, 4.69) is 0 Å². The molecule has 2 nitrogen and oxygen atoms in total. The molecule has 1 aromatic rings. The van der Waals surface area contributed by atoms with Gasteiger partial charge in [-0.3, -0.25) is 4.79 Å². The number of carboxylic acids is 1. The number of carbonyl (C=O) groups is 1. The van der Waals surface area contributed by atoms with Gasteiger partial charge in [-0.15, -0.1) is 11.8 Å². The molecule has 0 bridgehead atoms. The third kappa shape index (κ3) is 2.55. The number of benzene rings is 1. The molecule has 1 aliphatic rings. The molecule has 0 atom stereocenters. The van der Waals surface area contributed by atoms with Crippen molar-refractivity contribution < 1.29 is 14.3 Å². The predicted molar refractivity (Wildman–Crippen MR) is 61.0 cm³/mol. The summed E-state index contributed by atoms with van der Waals surface area (Å²) in [6.07, 6.45) is 2.29. The molecule has 0 aromatic heterocycles. The number of hydrogen-bond acceptors (Lipinski definition) is 2. The highest BCUT2D eigenvalue weighted by Crippen LogP contribution is 2.49. The first kappa shape index (κ1) is 11.5. The summed E-state index contributed by atoms with van der Waals surface area (Å²) < 4.78 is 12.6. The van der Waals surface area contributed by atoms with Gasteiger partial charge >= 0.3 is 5.97 Å². The van der Waals surface area contributed by atoms with Gasteiger partial charge in [0.25, 0.3) is 0 Å². The lowest BCUT2D eigenvalue weighted by Crippen LogP contribution is -2.15. The Morgan fingerprint density at radius 2 is 2.00 bits per heavy atom. The summed E-state index contributed by atoms with van der Waals surface area (Å²) in [6, 6.07) is 6.29. The normalized spacial score (nSPS) is 17.1. The first-order valence-corrected chi connectivity index (χ1v) is 6.23. The van der Waals surface area contributed by atoms with Crippen LogP contribution in [0.4, 0.5) is 4.39 Å². The van der Waals surface area contributed by atoms with Gasteiger partial charge in [-0.2, -0.15) is 0 Å². The zero-order valence-corrected chi connectivity index (χ0v) is 9.60. The van der Waals surface area contributed by atoms with Crippen molar-refractivity contribution in [1.29, 1.82) is 0 Å². The monoisotopic (exact) mass is 240 g/mol. The number of carboxylic acid groups (broad SMARTS) is 1. The maximum Gasteiger partial charge on any atom is 0.309 e. The third-order valence-corrected chi connectivity index (χ3v) is 3.98. The lowest BCUT2D eigenvalue weighted by Gasteiger charge is -2.08. The van der Waals surface area contributed by atoms with Crippen LogP contribution in [0, 0.1) is 11.2 Å². The van der Waals surface area contributed by atoms with Gasteiger partial charge in [0.15, 0.2) is 0 Å². The fourth-order valence-corrected chi connectivity index (χ4v) is 2.67. The van der Waals surface area contributed by atoms with Gasteiger partial charge in [0.2, 0.25) is 0 Å². The molecule has 0 unspecified atom stereocenters. The van der Waals surface area contributed by atoms with Crippen LogP contribution in [0.2, 0.25) is 0 Å². The average Bonchev–Trinajstić information content (AvgIpc) is 3.02. The van der Waals surface area contributed by atoms with Crippen molar-refractivity contribution in [2.45, 2.75) is 24.2 Å². The lowest BCUT2D eigenvalue weighted by atomic mass is 10.1. The summed E-state index contributed by atoms with van der Waals surface area (Å²) >= 11 is 1.58. The molecule has 1 N–H and O–H groups in total. The van der Waals surface area contributed by atoms with Gasteiger partial charge in [-0.25, -0.2) is 4.39 Å². The largest absolute Gasteiger partial charge is 0.481 e. The van der Waals surface area contributed by atoms with E-state index in [1.807, 2.05) is 0 Å². The molecule has 0 saturated heterocycles. The Morgan fingerprint density at radius 3 is 2.50 bits per heavy atom. The van der Waals surface area contributed by atoms with Crippen molar-refractivity contribution in [1.82, 2.24) is 0 Å². The van der Waals surface area contributed by atoms with E-state index < -0.39 is 11.4 Å². The molecule has 0 spiro atoms. The maximum atomic E-state index is 12.6. The highest BCUT2D eigenvalue weighted by atomic mass is 32.2. The molecule has 1 aromatic carbocycles. The molecule has 1 fully saturated rings. The summed E-state index contributed by atoms with van der Waals surface area (Å²) in [5.41, 5.74) is -0.451. The van der Waals surface area contributed by atoms with Crippen LogP contribution in [-0.2, 0) is 4.79 Å². The van der Waals surface area contributed by atoms with Crippen LogP contribution in [0.1, 0.15) is 19.3 Å². The van der Waals surface area contributed by atoms with E-state index in [4.69, 9.17) is 5.11 Å². The van der Waals surface area contributed by atoms with Crippen molar-refractivity contribution in [3.63, 3.8) is 0 Å². The Kier molecular flexibility index (Phi) is 3.19. The van der Waals surface area contributed by atoms with Crippen LogP contribution in [0.25, 0.3) is 0 Å². The molecule has 0 amide bonds. The lowest BCUT2D eigenvalue weighted by molar-refractivity contribution is -0.143. The van der Waals surface area contributed by atoms with Gasteiger partial charge in [-0.05, 0) is 49.3 Å². The topological polar surface area (TPSA) is 37.3 Å². The summed E-state index contributed by atoms with van der Waals surface area (Å²) in [5, 5.41) is 8.98. The van der Waals surface area contributed by atoms with E-state index >= 15 is 0 Å². The van der Waals surface area contributed by atoms with Gasteiger partial charge in [0, 0.05) is 4.90 Å². The van der Waals surface area contributed by atoms with Crippen LogP contribution in [-0.4, -0.2) is 16.8 Å². The van der Waals surface area contributed by atoms with E-state index in [9.17, 15) is 9.18 Å². The highest BCUT2D eigenvalue weighted by Gasteiger charge is 2.49. The first-order chi connectivity index (χ1) is 7.62. The minimum Gasteiger partial charge on any atom is -0.481 e. The minimum absolute atomic E-state index is 0.242. The highest BCUT2D eigenvalue weighted by molar-refractivity contribution is 7.99. The van der Waals surface area contributed by atoms with Crippen molar-refractivity contribution >= 4 is 17.7 Å². The standard InChI is InChI=1S/C12H13FO2S/c13-9-1-3-10(4-2-9)16-8-7-12(5-6-12)11(14)15/h1-4H,5-8H2,(H,14,15). The fourth-order valence-electron chi connectivity index (χ4n) is 1.62. The molecule has 1 saturated carbocycles. The molecule has 86 valence electrons. The minimum atomic E-state index is -0.674. The number of rotatable bonds is 5. The Balaban J connectivity index is 1.80. The van der Waals surface area contributed by atoms with E-state index in [1.165, 1.54) is 12.1 Å². The number of aliphatic carboxylic acids is 1. The van der Waals surface area contributed by atoms with E-state index in [1.54, 1.807) is 23.9 Å². The SMILES string of the molecule is O=C(O)C1(CCSc2ccc(F)cc2)CC1. The second-order valence-electron chi connectivity index (χ2n) is 4.14. The van der Waals surface area contributed by atoms with Crippen molar-refractivity contribution in [2.24, 2.45) is 5.41 Å². The number of halogens is 1. The van der Waals surface area contributed by atoms with Gasteiger partial charge in [0.05, 0.1) is 5.41 Å². The van der Waals surface area contributed by atoms with Gasteiger partial charge in [-0.1, -0.05) is 0 Å². The van der Waals surface area contributed by atoms with Crippen LogP contribution in [0.15, 0.2) is 29.2 Å². The Labute approximate surface area is 97.9 Å². The number of thioether (sulfide) groups is 1. The second kappa shape index (κ2) is 4.45. The molecule has 2 rings (SSSR count). The molecule has 0 aliphatic heterocycles. The molecule has 1 aliphatic carbocycles. The molecule has 4 heteroatoms. The predicted octanol–water partition coefficient (Wildman–Crippen LogP) is 3.17. The van der Waals surface area contributed by atoms with Crippen molar-refractivity contribution in [3.05, 3.63) is 30.1 Å². The van der Waals surface area contributed by atoms with E-state index in [-0.39, 0.29) is 5.82 Å². The zero-order chi connectivity index (χ0) is 11.6. The molecule has 0 radical (unpaired) electrons. The number of hydrogen-bond donors (Lipinski definition) is 1. The maximum absolute atomic E-state index is 12.6. The molecular weight excluding hydrogens is 227 g/mol. The van der Waals surface area contributed by atoms with Crippen LogP contribution in [0.3, 0.4) is 0 Å². The van der Waals surface area contributed by atoms with Gasteiger partial charge < -0.3 is 5.11 Å². The van der Waals surface area contributed by atoms with Crippen LogP contribution in [0.5, 0.6) is 0 Å². The second-order valence-corrected chi connectivity index (χ2v) is 5.31. The zero-order valence-electron chi connectivity index (χ0n) is 8.78. The summed E-state index contributed by atoms with van der Waals surface area (Å²) in [4.78, 5) is 11.9. The summed E-state index contributed by atoms with van der Waals surface area (Å²) in [5.74, 6) is -0.140. The Bertz CT molecular complexity index is 385. The van der Waals surface area contributed by atoms with Crippen LogP contribution >= 0.6 is 11.8 Å². The molecular formula is C12H13FO2S. The quantitative estimate of drug-likeness (QED) is 0.803.